The molecule has 0 atom stereocenters. The highest BCUT2D eigenvalue weighted by molar-refractivity contribution is 6.33. The fourth-order valence-corrected chi connectivity index (χ4v) is 2.57. The molecule has 0 aliphatic heterocycles. The molecule has 110 valence electrons. The number of halogens is 3. The first-order valence-corrected chi connectivity index (χ1v) is 6.86. The van der Waals surface area contributed by atoms with E-state index in [1.807, 2.05) is 36.5 Å². The highest BCUT2D eigenvalue weighted by Gasteiger charge is 2.11. The highest BCUT2D eigenvalue weighted by Crippen LogP contribution is 2.32. The SMILES string of the molecule is COc1c(Cl)cnc2c1ccn2Cc1ccc(Cl)cc1.Cl. The van der Waals surface area contributed by atoms with E-state index in [1.165, 1.54) is 0 Å². The van der Waals surface area contributed by atoms with Crippen LogP contribution in [-0.4, -0.2) is 16.7 Å². The Hall–Kier alpha value is -1.42. The van der Waals surface area contributed by atoms with Gasteiger partial charge < -0.3 is 9.30 Å². The standard InChI is InChI=1S/C15H12Cl2N2O.ClH/c1-20-14-12-6-7-19(15(12)18-8-13(14)17)9-10-2-4-11(16)5-3-10;/h2-8H,9H2,1H3;1H. The first kappa shape index (κ1) is 16.0. The van der Waals surface area contributed by atoms with Crippen molar-refractivity contribution in [2.75, 3.05) is 7.11 Å². The predicted octanol–water partition coefficient (Wildman–Crippen LogP) is 4.82. The molecule has 0 N–H and O–H groups in total. The zero-order chi connectivity index (χ0) is 14.1. The smallest absolute Gasteiger partial charge is 0.150 e. The Kier molecular flexibility index (Phi) is 4.99. The highest BCUT2D eigenvalue weighted by atomic mass is 35.5. The van der Waals surface area contributed by atoms with Crippen LogP contribution in [0.4, 0.5) is 0 Å². The van der Waals surface area contributed by atoms with Gasteiger partial charge in [-0.25, -0.2) is 4.98 Å². The van der Waals surface area contributed by atoms with Gasteiger partial charge in [0.25, 0.3) is 0 Å². The lowest BCUT2D eigenvalue weighted by molar-refractivity contribution is 0.419. The van der Waals surface area contributed by atoms with Crippen molar-refractivity contribution in [1.82, 2.24) is 9.55 Å². The molecule has 0 spiro atoms. The molecule has 0 fully saturated rings. The van der Waals surface area contributed by atoms with Gasteiger partial charge in [0.15, 0.2) is 0 Å². The van der Waals surface area contributed by atoms with Gasteiger partial charge in [0.2, 0.25) is 0 Å². The molecule has 0 aliphatic carbocycles. The van der Waals surface area contributed by atoms with E-state index in [1.54, 1.807) is 13.3 Å². The number of fused-ring (bicyclic) bond motifs is 1. The van der Waals surface area contributed by atoms with Crippen molar-refractivity contribution in [2.24, 2.45) is 0 Å². The van der Waals surface area contributed by atoms with Gasteiger partial charge in [0.05, 0.1) is 18.7 Å². The van der Waals surface area contributed by atoms with E-state index >= 15 is 0 Å². The third-order valence-electron chi connectivity index (χ3n) is 3.17. The van der Waals surface area contributed by atoms with E-state index in [0.717, 1.165) is 28.2 Å². The normalized spacial score (nSPS) is 10.4. The molecule has 2 heterocycles. The van der Waals surface area contributed by atoms with E-state index in [9.17, 15) is 0 Å². The molecule has 3 aromatic rings. The maximum absolute atomic E-state index is 6.08. The topological polar surface area (TPSA) is 27.1 Å². The van der Waals surface area contributed by atoms with Gasteiger partial charge in [-0.1, -0.05) is 35.3 Å². The number of hydrogen-bond donors (Lipinski definition) is 0. The molecule has 1 aromatic carbocycles. The number of methoxy groups -OCH3 is 1. The second-order valence-corrected chi connectivity index (χ2v) is 5.29. The maximum atomic E-state index is 6.08. The Morgan fingerprint density at radius 1 is 1.14 bits per heavy atom. The van der Waals surface area contributed by atoms with Crippen molar-refractivity contribution in [3.8, 4) is 5.75 Å². The molecule has 0 bridgehead atoms. The van der Waals surface area contributed by atoms with Gasteiger partial charge in [-0.05, 0) is 23.8 Å². The quantitative estimate of drug-likeness (QED) is 0.681. The van der Waals surface area contributed by atoms with Crippen LogP contribution in [0.25, 0.3) is 11.0 Å². The van der Waals surface area contributed by atoms with Crippen molar-refractivity contribution < 1.29 is 4.74 Å². The minimum Gasteiger partial charge on any atom is -0.494 e. The lowest BCUT2D eigenvalue weighted by Gasteiger charge is -2.07. The summed E-state index contributed by atoms with van der Waals surface area (Å²) in [5, 5.41) is 2.16. The molecule has 0 aliphatic rings. The second kappa shape index (κ2) is 6.56. The van der Waals surface area contributed by atoms with Gasteiger partial charge in [-0.3, -0.25) is 0 Å². The van der Waals surface area contributed by atoms with Gasteiger partial charge in [-0.15, -0.1) is 12.4 Å². The van der Waals surface area contributed by atoms with Crippen LogP contribution in [0.3, 0.4) is 0 Å². The van der Waals surface area contributed by atoms with Crippen LogP contribution in [0, 0.1) is 0 Å². The molecule has 2 aromatic heterocycles. The average molecular weight is 344 g/mol. The molecule has 3 nitrogen and oxygen atoms in total. The monoisotopic (exact) mass is 342 g/mol. The van der Waals surface area contributed by atoms with Crippen LogP contribution in [-0.2, 0) is 6.54 Å². The first-order chi connectivity index (χ1) is 9.69. The Bertz CT molecular complexity index is 753. The average Bonchev–Trinajstić information content (AvgIpc) is 2.84. The zero-order valence-electron chi connectivity index (χ0n) is 11.2. The van der Waals surface area contributed by atoms with Crippen molar-refractivity contribution in [3.63, 3.8) is 0 Å². The molecule has 0 saturated carbocycles. The third kappa shape index (κ3) is 3.10. The van der Waals surface area contributed by atoms with Crippen LogP contribution in [0.5, 0.6) is 5.75 Å². The van der Waals surface area contributed by atoms with E-state index < -0.39 is 0 Å². The van der Waals surface area contributed by atoms with Crippen LogP contribution in [0.1, 0.15) is 5.56 Å². The summed E-state index contributed by atoms with van der Waals surface area (Å²) in [7, 11) is 1.61. The minimum atomic E-state index is 0. The van der Waals surface area contributed by atoms with E-state index in [2.05, 4.69) is 9.55 Å². The van der Waals surface area contributed by atoms with E-state index in [0.29, 0.717) is 10.8 Å². The number of pyridine rings is 1. The van der Waals surface area contributed by atoms with Crippen molar-refractivity contribution in [2.45, 2.75) is 6.54 Å². The summed E-state index contributed by atoms with van der Waals surface area (Å²) in [5.41, 5.74) is 2.00. The van der Waals surface area contributed by atoms with Crippen LogP contribution in [0.2, 0.25) is 10.0 Å². The van der Waals surface area contributed by atoms with Gasteiger partial charge in [0, 0.05) is 17.8 Å². The number of hydrogen-bond acceptors (Lipinski definition) is 2. The number of rotatable bonds is 3. The Morgan fingerprint density at radius 3 is 2.52 bits per heavy atom. The van der Waals surface area contributed by atoms with Crippen LogP contribution in [0.15, 0.2) is 42.7 Å². The molecule has 0 unspecified atom stereocenters. The summed E-state index contributed by atoms with van der Waals surface area (Å²) < 4.78 is 7.39. The fraction of sp³-hybridized carbons (Fsp3) is 0.133. The number of ether oxygens (including phenoxy) is 1. The lowest BCUT2D eigenvalue weighted by Crippen LogP contribution is -1.99. The van der Waals surface area contributed by atoms with Gasteiger partial charge in [0.1, 0.15) is 16.4 Å². The summed E-state index contributed by atoms with van der Waals surface area (Å²) in [6.07, 6.45) is 3.59. The Balaban J connectivity index is 0.00000161. The molecule has 21 heavy (non-hydrogen) atoms. The summed E-state index contributed by atoms with van der Waals surface area (Å²) in [4.78, 5) is 4.39. The summed E-state index contributed by atoms with van der Waals surface area (Å²) in [6, 6.07) is 9.73. The minimum absolute atomic E-state index is 0. The maximum Gasteiger partial charge on any atom is 0.150 e. The molecule has 3 rings (SSSR count). The van der Waals surface area contributed by atoms with E-state index in [-0.39, 0.29) is 12.4 Å². The van der Waals surface area contributed by atoms with Crippen molar-refractivity contribution in [1.29, 1.82) is 0 Å². The van der Waals surface area contributed by atoms with Gasteiger partial charge in [-0.2, -0.15) is 0 Å². The molecular formula is C15H13Cl3N2O. The van der Waals surface area contributed by atoms with Crippen molar-refractivity contribution in [3.05, 3.63) is 58.3 Å². The van der Waals surface area contributed by atoms with E-state index in [4.69, 9.17) is 27.9 Å². The fourth-order valence-electron chi connectivity index (χ4n) is 2.21. The number of aromatic nitrogens is 2. The number of nitrogens with zero attached hydrogens (tertiary/aromatic N) is 2. The Labute approximate surface area is 138 Å². The molecule has 0 saturated heterocycles. The molecule has 0 amide bonds. The van der Waals surface area contributed by atoms with Crippen LogP contribution < -0.4 is 4.74 Å². The Morgan fingerprint density at radius 2 is 1.86 bits per heavy atom. The summed E-state index contributed by atoms with van der Waals surface area (Å²) in [5.74, 6) is 0.659. The van der Waals surface area contributed by atoms with Crippen LogP contribution >= 0.6 is 35.6 Å². The second-order valence-electron chi connectivity index (χ2n) is 4.45. The summed E-state index contributed by atoms with van der Waals surface area (Å²) in [6.45, 7) is 0.721. The van der Waals surface area contributed by atoms with Gasteiger partial charge >= 0.3 is 0 Å². The third-order valence-corrected chi connectivity index (χ3v) is 3.69. The molecule has 0 radical (unpaired) electrons. The number of benzene rings is 1. The first-order valence-electron chi connectivity index (χ1n) is 6.11. The summed E-state index contributed by atoms with van der Waals surface area (Å²) >= 11 is 12.0. The van der Waals surface area contributed by atoms with Crippen molar-refractivity contribution >= 4 is 46.6 Å². The lowest BCUT2D eigenvalue weighted by atomic mass is 10.2. The zero-order valence-corrected chi connectivity index (χ0v) is 13.5. The predicted molar refractivity (Wildman–Crippen MR) is 89.1 cm³/mol. The molecular weight excluding hydrogens is 331 g/mol. The largest absolute Gasteiger partial charge is 0.494 e. The molecule has 6 heteroatoms.